The highest BCUT2D eigenvalue weighted by Crippen LogP contribution is 2.39. The van der Waals surface area contributed by atoms with Crippen LogP contribution in [0.2, 0.25) is 10.0 Å². The first-order valence-electron chi connectivity index (χ1n) is 19.5. The summed E-state index contributed by atoms with van der Waals surface area (Å²) in [6.45, 7) is -0.397. The number of esters is 2. The van der Waals surface area contributed by atoms with Gasteiger partial charge in [-0.2, -0.15) is 13.5 Å². The van der Waals surface area contributed by atoms with E-state index in [0.717, 1.165) is 51.2 Å². The van der Waals surface area contributed by atoms with E-state index in [4.69, 9.17) is 46.9 Å². The van der Waals surface area contributed by atoms with Gasteiger partial charge in [-0.3, -0.25) is 9.69 Å². The summed E-state index contributed by atoms with van der Waals surface area (Å²) in [5, 5.41) is 25.5. The van der Waals surface area contributed by atoms with E-state index in [2.05, 4.69) is 10.2 Å². The number of ether oxygens (including phenoxy) is 5. The maximum Gasteiger partial charge on any atom is 0.387 e. The van der Waals surface area contributed by atoms with Crippen molar-refractivity contribution in [1.82, 2.24) is 4.90 Å². The average molecular weight is 871 g/mol. The van der Waals surface area contributed by atoms with Gasteiger partial charge in [0.05, 0.1) is 25.7 Å². The fourth-order valence-corrected chi connectivity index (χ4v) is 8.23. The molecule has 1 aromatic heterocycles. The molecule has 2 bridgehead atoms. The van der Waals surface area contributed by atoms with Crippen molar-refractivity contribution in [2.24, 2.45) is 11.8 Å². The molecule has 4 heterocycles. The van der Waals surface area contributed by atoms with Gasteiger partial charge in [0, 0.05) is 29.8 Å². The third-order valence-electron chi connectivity index (χ3n) is 11.0. The molecule has 3 saturated heterocycles. The van der Waals surface area contributed by atoms with Gasteiger partial charge < -0.3 is 39.3 Å². The molecule has 60 heavy (non-hydrogen) atoms. The minimum Gasteiger partial charge on any atom is -0.619 e. The van der Waals surface area contributed by atoms with E-state index < -0.39 is 43.1 Å². The molecule has 1 saturated carbocycles. The summed E-state index contributed by atoms with van der Waals surface area (Å²) in [7, 11) is 1.49. The Morgan fingerprint density at radius 3 is 2.33 bits per heavy atom. The van der Waals surface area contributed by atoms with E-state index in [1.807, 2.05) is 0 Å². The van der Waals surface area contributed by atoms with E-state index in [1.54, 1.807) is 30.3 Å². The Kier molecular flexibility index (Phi) is 13.5. The maximum absolute atomic E-state index is 14.1. The molecule has 3 aliphatic heterocycles. The number of alkyl halides is 2. The number of carboxylic acids is 1. The Bertz CT molecular complexity index is 2200. The summed E-state index contributed by atoms with van der Waals surface area (Å²) in [6, 6.07) is 14.1. The second-order valence-electron chi connectivity index (χ2n) is 15.1. The molecule has 2 N–H and O–H groups in total. The van der Waals surface area contributed by atoms with Crippen molar-refractivity contribution >= 4 is 46.8 Å². The van der Waals surface area contributed by atoms with E-state index in [1.165, 1.54) is 37.4 Å². The van der Waals surface area contributed by atoms with Crippen molar-refractivity contribution in [3.63, 3.8) is 0 Å². The topological polar surface area (TPSA) is 160 Å². The highest BCUT2D eigenvalue weighted by molar-refractivity contribution is 6.35. The number of pyridine rings is 1. The molecule has 4 fully saturated rings. The normalized spacial score (nSPS) is 19.3. The van der Waals surface area contributed by atoms with Gasteiger partial charge in [0.15, 0.2) is 29.9 Å². The summed E-state index contributed by atoms with van der Waals surface area (Å²) in [4.78, 5) is 43.2. The van der Waals surface area contributed by atoms with Crippen LogP contribution in [-0.4, -0.2) is 74.0 Å². The minimum absolute atomic E-state index is 0.00888. The standard InChI is InChI=1S/C43H43Cl2F2N3O10/c1-56-28-5-2-4-27(16-28)40(42(54)59-38-22-49-14-12-25(38)13-15-49)48-34-7-3-6-29(41(52)53)30(34)19-39(51)58-36(18-31-32(44)20-50(55)21-33(31)45)26-10-11-35(60-43(46)47)37(17-26)57-23-24-8-9-24/h2-7,10-11,16-17,20-21,24-25,36,38,40,43,48H,8-9,12-15,18-19,22-23H2,1H3,(H,52,53)/t36-,38-,40?/m0/s1. The Balaban J connectivity index is 1.21. The SMILES string of the molecule is COc1cccc(C(Nc2cccc(C(=O)O)c2CC(=O)O[C@@H](Cc2c(Cl)c[n+]([O-])cc2Cl)c2ccc(OC(F)F)c(OCC3CC3)c2)C(=O)O[C@H]2CN3CCC2CC3)c1. The minimum atomic E-state index is -3.14. The van der Waals surface area contributed by atoms with Crippen LogP contribution in [0.25, 0.3) is 0 Å². The van der Waals surface area contributed by atoms with Crippen LogP contribution in [-0.2, 0) is 31.9 Å². The summed E-state index contributed by atoms with van der Waals surface area (Å²) < 4.78 is 55.4. The molecule has 0 amide bonds. The van der Waals surface area contributed by atoms with Crippen molar-refractivity contribution < 1.29 is 56.7 Å². The van der Waals surface area contributed by atoms with E-state index in [9.17, 15) is 33.5 Å². The zero-order chi connectivity index (χ0) is 42.5. The molecule has 17 heteroatoms. The lowest BCUT2D eigenvalue weighted by Crippen LogP contribution is -2.52. The van der Waals surface area contributed by atoms with E-state index in [0.29, 0.717) is 22.6 Å². The van der Waals surface area contributed by atoms with Gasteiger partial charge in [0.25, 0.3) is 0 Å². The molecule has 0 radical (unpaired) electrons. The Hall–Kier alpha value is -5.38. The molecule has 1 aliphatic carbocycles. The van der Waals surface area contributed by atoms with Crippen molar-refractivity contribution in [3.05, 3.63) is 116 Å². The van der Waals surface area contributed by atoms with Crippen molar-refractivity contribution in [2.75, 3.05) is 38.7 Å². The largest absolute Gasteiger partial charge is 0.619 e. The molecule has 8 rings (SSSR count). The number of anilines is 1. The highest BCUT2D eigenvalue weighted by atomic mass is 35.5. The summed E-state index contributed by atoms with van der Waals surface area (Å²) in [5.74, 6) is -2.13. The third-order valence-corrected chi connectivity index (χ3v) is 11.7. The monoisotopic (exact) mass is 869 g/mol. The number of fused-ring (bicyclic) bond motifs is 3. The number of carbonyl (C=O) groups excluding carboxylic acids is 2. The molecule has 3 aromatic carbocycles. The number of nitrogens with one attached hydrogen (secondary N) is 1. The van der Waals surface area contributed by atoms with Gasteiger partial charge >= 0.3 is 24.5 Å². The Morgan fingerprint density at radius 1 is 0.950 bits per heavy atom. The number of nitrogens with zero attached hydrogens (tertiary/aromatic N) is 2. The molecule has 3 atom stereocenters. The fourth-order valence-electron chi connectivity index (χ4n) is 7.64. The van der Waals surface area contributed by atoms with Crippen LogP contribution in [0.5, 0.6) is 17.2 Å². The number of benzene rings is 3. The molecule has 318 valence electrons. The molecule has 1 unspecified atom stereocenters. The first-order valence-corrected chi connectivity index (χ1v) is 20.3. The third kappa shape index (κ3) is 10.5. The van der Waals surface area contributed by atoms with Crippen LogP contribution < -0.4 is 24.3 Å². The van der Waals surface area contributed by atoms with Crippen LogP contribution in [0, 0.1) is 17.0 Å². The van der Waals surface area contributed by atoms with Crippen molar-refractivity contribution in [3.8, 4) is 17.2 Å². The maximum atomic E-state index is 14.1. The lowest BCUT2D eigenvalue weighted by atomic mass is 9.86. The van der Waals surface area contributed by atoms with Crippen molar-refractivity contribution in [1.29, 1.82) is 0 Å². The van der Waals surface area contributed by atoms with E-state index in [-0.39, 0.29) is 80.5 Å². The van der Waals surface area contributed by atoms with E-state index >= 15 is 0 Å². The van der Waals surface area contributed by atoms with Gasteiger partial charge in [-0.05, 0) is 98.1 Å². The molecular weight excluding hydrogens is 827 g/mol. The van der Waals surface area contributed by atoms with Gasteiger partial charge in [-0.1, -0.05) is 47.5 Å². The Labute approximate surface area is 354 Å². The number of rotatable bonds is 18. The number of methoxy groups -OCH3 is 1. The number of piperidine rings is 3. The Morgan fingerprint density at radius 2 is 1.68 bits per heavy atom. The summed E-state index contributed by atoms with van der Waals surface area (Å²) >= 11 is 12.9. The van der Waals surface area contributed by atoms with Gasteiger partial charge in [0.1, 0.15) is 28.0 Å². The summed E-state index contributed by atoms with van der Waals surface area (Å²) in [6.07, 6.45) is 3.49. The number of aromatic nitrogens is 1. The van der Waals surface area contributed by atoms with Gasteiger partial charge in [-0.25, -0.2) is 9.59 Å². The second kappa shape index (κ2) is 18.9. The zero-order valence-electron chi connectivity index (χ0n) is 32.5. The highest BCUT2D eigenvalue weighted by Gasteiger charge is 2.38. The van der Waals surface area contributed by atoms with Gasteiger partial charge in [-0.15, -0.1) is 0 Å². The predicted molar refractivity (Wildman–Crippen MR) is 215 cm³/mol. The molecule has 4 aromatic rings. The quantitative estimate of drug-likeness (QED) is 0.0574. The van der Waals surface area contributed by atoms with Crippen LogP contribution in [0.1, 0.15) is 70.4 Å². The lowest BCUT2D eigenvalue weighted by molar-refractivity contribution is -0.605. The molecule has 13 nitrogen and oxygen atoms in total. The number of halogens is 4. The van der Waals surface area contributed by atoms with Crippen LogP contribution in [0.4, 0.5) is 14.5 Å². The molecule has 0 spiro atoms. The summed E-state index contributed by atoms with van der Waals surface area (Å²) in [5.41, 5.74) is 0.926. The first kappa shape index (κ1) is 42.7. The molecule has 4 aliphatic rings. The van der Waals surface area contributed by atoms with Crippen molar-refractivity contribution in [2.45, 2.75) is 63.4 Å². The van der Waals surface area contributed by atoms with Gasteiger partial charge in [0.2, 0.25) is 0 Å². The predicted octanol–water partition coefficient (Wildman–Crippen LogP) is 7.58. The van der Waals surface area contributed by atoms with Crippen LogP contribution in [0.3, 0.4) is 0 Å². The van der Waals surface area contributed by atoms with Crippen LogP contribution in [0.15, 0.2) is 73.1 Å². The number of hydrogen-bond acceptors (Lipinski definition) is 11. The second-order valence-corrected chi connectivity index (χ2v) is 15.9. The smallest absolute Gasteiger partial charge is 0.387 e. The fraction of sp³-hybridized carbons (Fsp3) is 0.395. The lowest BCUT2D eigenvalue weighted by Gasteiger charge is -2.44. The number of aromatic carboxylic acids is 1. The first-order chi connectivity index (χ1) is 28.8. The number of carboxylic acid groups (broad SMARTS) is 1. The average Bonchev–Trinajstić information content (AvgIpc) is 4.06. The zero-order valence-corrected chi connectivity index (χ0v) is 34.0. The number of hydrogen-bond donors (Lipinski definition) is 2. The van der Waals surface area contributed by atoms with Crippen LogP contribution >= 0.6 is 23.2 Å². The number of carbonyl (C=O) groups is 3. The molecular formula is C43H43Cl2F2N3O10.